The van der Waals surface area contributed by atoms with Crippen molar-refractivity contribution < 1.29 is 9.53 Å². The van der Waals surface area contributed by atoms with Crippen molar-refractivity contribution in [3.8, 4) is 17.0 Å². The zero-order valence-corrected chi connectivity index (χ0v) is 17.0. The SMILES string of the molecule is O=C(COc1ccc(Cl)cc1Cl)N1CCc2[nH]nc(-c3cccc(Cl)c3)c2C1. The van der Waals surface area contributed by atoms with Crippen LogP contribution in [-0.2, 0) is 17.8 Å². The summed E-state index contributed by atoms with van der Waals surface area (Å²) in [4.78, 5) is 14.4. The lowest BCUT2D eigenvalue weighted by Gasteiger charge is -2.27. The van der Waals surface area contributed by atoms with Gasteiger partial charge < -0.3 is 9.64 Å². The first kappa shape index (κ1) is 19.1. The van der Waals surface area contributed by atoms with Crippen molar-refractivity contribution in [2.24, 2.45) is 0 Å². The third kappa shape index (κ3) is 3.97. The second-order valence-electron chi connectivity index (χ2n) is 6.47. The molecule has 2 aromatic carbocycles. The summed E-state index contributed by atoms with van der Waals surface area (Å²) in [5, 5.41) is 9.05. The largest absolute Gasteiger partial charge is 0.482 e. The summed E-state index contributed by atoms with van der Waals surface area (Å²) in [5.41, 5.74) is 3.78. The van der Waals surface area contributed by atoms with Crippen molar-refractivity contribution >= 4 is 40.7 Å². The molecule has 0 radical (unpaired) electrons. The number of fused-ring (bicyclic) bond motifs is 1. The third-order valence-corrected chi connectivity index (χ3v) is 5.39. The number of rotatable bonds is 4. The van der Waals surface area contributed by atoms with E-state index in [1.807, 2.05) is 24.3 Å². The van der Waals surface area contributed by atoms with Crippen LogP contribution >= 0.6 is 34.8 Å². The number of halogens is 3. The molecular formula is C20H16Cl3N3O2. The smallest absolute Gasteiger partial charge is 0.260 e. The molecule has 1 aliphatic heterocycles. The number of hydrogen-bond donors (Lipinski definition) is 1. The van der Waals surface area contributed by atoms with Crippen LogP contribution in [0.25, 0.3) is 11.3 Å². The molecule has 1 amide bonds. The Morgan fingerprint density at radius 1 is 1.14 bits per heavy atom. The van der Waals surface area contributed by atoms with Gasteiger partial charge in [0.2, 0.25) is 0 Å². The van der Waals surface area contributed by atoms with E-state index >= 15 is 0 Å². The topological polar surface area (TPSA) is 58.2 Å². The van der Waals surface area contributed by atoms with E-state index in [2.05, 4.69) is 10.2 Å². The molecule has 0 saturated heterocycles. The molecule has 1 aromatic heterocycles. The van der Waals surface area contributed by atoms with Crippen LogP contribution in [-0.4, -0.2) is 34.2 Å². The molecule has 0 fully saturated rings. The van der Waals surface area contributed by atoms with Crippen molar-refractivity contribution in [2.45, 2.75) is 13.0 Å². The van der Waals surface area contributed by atoms with Gasteiger partial charge in [-0.15, -0.1) is 0 Å². The number of ether oxygens (including phenoxy) is 1. The molecule has 5 nitrogen and oxygen atoms in total. The summed E-state index contributed by atoms with van der Waals surface area (Å²) in [7, 11) is 0. The molecule has 1 aliphatic rings. The molecule has 144 valence electrons. The van der Waals surface area contributed by atoms with Crippen LogP contribution in [0.3, 0.4) is 0 Å². The van der Waals surface area contributed by atoms with Gasteiger partial charge in [-0.2, -0.15) is 5.10 Å². The number of benzene rings is 2. The van der Waals surface area contributed by atoms with Gasteiger partial charge in [-0.05, 0) is 30.3 Å². The van der Waals surface area contributed by atoms with Gasteiger partial charge in [0.15, 0.2) is 6.61 Å². The van der Waals surface area contributed by atoms with E-state index < -0.39 is 0 Å². The molecule has 0 atom stereocenters. The maximum atomic E-state index is 12.7. The van der Waals surface area contributed by atoms with Crippen LogP contribution < -0.4 is 4.74 Å². The van der Waals surface area contributed by atoms with Crippen LogP contribution in [0, 0.1) is 0 Å². The molecular weight excluding hydrogens is 421 g/mol. The van der Waals surface area contributed by atoms with Gasteiger partial charge in [-0.25, -0.2) is 0 Å². The van der Waals surface area contributed by atoms with Crippen molar-refractivity contribution in [3.63, 3.8) is 0 Å². The zero-order chi connectivity index (χ0) is 19.7. The number of nitrogens with one attached hydrogen (secondary N) is 1. The molecule has 0 saturated carbocycles. The van der Waals surface area contributed by atoms with Gasteiger partial charge in [0.1, 0.15) is 5.75 Å². The second-order valence-corrected chi connectivity index (χ2v) is 7.75. The molecule has 0 aliphatic carbocycles. The van der Waals surface area contributed by atoms with E-state index in [0.717, 1.165) is 22.5 Å². The number of carbonyl (C=O) groups is 1. The van der Waals surface area contributed by atoms with Crippen LogP contribution in [0.2, 0.25) is 15.1 Å². The average molecular weight is 437 g/mol. The highest BCUT2D eigenvalue weighted by Gasteiger charge is 2.26. The average Bonchev–Trinajstić information content (AvgIpc) is 3.10. The van der Waals surface area contributed by atoms with E-state index in [4.69, 9.17) is 39.5 Å². The molecule has 0 bridgehead atoms. The molecule has 0 unspecified atom stereocenters. The Kier molecular flexibility index (Phi) is 5.49. The van der Waals surface area contributed by atoms with Gasteiger partial charge in [0.05, 0.1) is 10.7 Å². The van der Waals surface area contributed by atoms with E-state index in [1.165, 1.54) is 0 Å². The maximum absolute atomic E-state index is 12.7. The molecule has 8 heteroatoms. The Morgan fingerprint density at radius 2 is 1.96 bits per heavy atom. The summed E-state index contributed by atoms with van der Waals surface area (Å²) in [5.74, 6) is 0.315. The minimum Gasteiger partial charge on any atom is -0.482 e. The van der Waals surface area contributed by atoms with Crippen molar-refractivity contribution in [3.05, 3.63) is 68.8 Å². The quantitative estimate of drug-likeness (QED) is 0.626. The van der Waals surface area contributed by atoms with Crippen molar-refractivity contribution in [1.82, 2.24) is 15.1 Å². The summed E-state index contributed by atoms with van der Waals surface area (Å²) in [6.45, 7) is 0.964. The Bertz CT molecular complexity index is 1040. The van der Waals surface area contributed by atoms with Gasteiger partial charge in [0, 0.05) is 46.4 Å². The third-order valence-electron chi connectivity index (χ3n) is 4.63. The second kappa shape index (κ2) is 8.03. The summed E-state index contributed by atoms with van der Waals surface area (Å²) < 4.78 is 5.58. The van der Waals surface area contributed by atoms with E-state index in [-0.39, 0.29) is 12.5 Å². The molecule has 4 rings (SSSR count). The van der Waals surface area contributed by atoms with Crippen LogP contribution in [0.5, 0.6) is 5.75 Å². The molecule has 1 N–H and O–H groups in total. The van der Waals surface area contributed by atoms with E-state index in [0.29, 0.717) is 40.3 Å². The minimum atomic E-state index is -0.116. The number of aromatic amines is 1. The van der Waals surface area contributed by atoms with Crippen molar-refractivity contribution in [2.75, 3.05) is 13.2 Å². The number of hydrogen-bond acceptors (Lipinski definition) is 3. The van der Waals surface area contributed by atoms with Crippen LogP contribution in [0.15, 0.2) is 42.5 Å². The summed E-state index contributed by atoms with van der Waals surface area (Å²) >= 11 is 18.1. The highest BCUT2D eigenvalue weighted by molar-refractivity contribution is 6.35. The normalized spacial score (nSPS) is 13.3. The molecule has 28 heavy (non-hydrogen) atoms. The fraction of sp³-hybridized carbons (Fsp3) is 0.200. The minimum absolute atomic E-state index is 0.0962. The Hall–Kier alpha value is -2.21. The highest BCUT2D eigenvalue weighted by atomic mass is 35.5. The number of nitrogens with zero attached hydrogens (tertiary/aromatic N) is 2. The number of carbonyl (C=O) groups excluding carboxylic acids is 1. The standard InChI is InChI=1S/C20H16Cl3N3O2/c21-13-3-1-2-12(8-13)20-15-10-26(7-6-17(15)24-25-20)19(27)11-28-18-5-4-14(22)9-16(18)23/h1-5,8-9H,6-7,10-11H2,(H,24,25). The lowest BCUT2D eigenvalue weighted by Crippen LogP contribution is -2.38. The first-order valence-corrected chi connectivity index (χ1v) is 9.82. The Morgan fingerprint density at radius 3 is 2.75 bits per heavy atom. The van der Waals surface area contributed by atoms with Gasteiger partial charge >= 0.3 is 0 Å². The van der Waals surface area contributed by atoms with Crippen LogP contribution in [0.1, 0.15) is 11.3 Å². The monoisotopic (exact) mass is 435 g/mol. The van der Waals surface area contributed by atoms with Gasteiger partial charge in [-0.3, -0.25) is 9.89 Å². The Labute approximate surface area is 177 Å². The highest BCUT2D eigenvalue weighted by Crippen LogP contribution is 2.30. The van der Waals surface area contributed by atoms with Gasteiger partial charge in [-0.1, -0.05) is 46.9 Å². The van der Waals surface area contributed by atoms with Gasteiger partial charge in [0.25, 0.3) is 5.91 Å². The maximum Gasteiger partial charge on any atom is 0.260 e. The predicted molar refractivity (Wildman–Crippen MR) is 110 cm³/mol. The zero-order valence-electron chi connectivity index (χ0n) is 14.7. The summed E-state index contributed by atoms with van der Waals surface area (Å²) in [6.07, 6.45) is 0.705. The number of aromatic nitrogens is 2. The molecule has 0 spiro atoms. The summed E-state index contributed by atoms with van der Waals surface area (Å²) in [6, 6.07) is 12.4. The number of H-pyrrole nitrogens is 1. The van der Waals surface area contributed by atoms with E-state index in [1.54, 1.807) is 23.1 Å². The molecule has 3 aromatic rings. The predicted octanol–water partition coefficient (Wildman–Crippen LogP) is 5.00. The first-order chi connectivity index (χ1) is 13.5. The fourth-order valence-electron chi connectivity index (χ4n) is 3.21. The lowest BCUT2D eigenvalue weighted by molar-refractivity contribution is -0.134. The lowest BCUT2D eigenvalue weighted by atomic mass is 10.0. The van der Waals surface area contributed by atoms with E-state index in [9.17, 15) is 4.79 Å². The number of amides is 1. The Balaban J connectivity index is 1.47. The fourth-order valence-corrected chi connectivity index (χ4v) is 3.86. The molecule has 2 heterocycles. The van der Waals surface area contributed by atoms with Crippen LogP contribution in [0.4, 0.5) is 0 Å². The first-order valence-electron chi connectivity index (χ1n) is 8.69. The van der Waals surface area contributed by atoms with Crippen molar-refractivity contribution in [1.29, 1.82) is 0 Å².